The molecule has 0 radical (unpaired) electrons. The van der Waals surface area contributed by atoms with Crippen LogP contribution in [0.3, 0.4) is 0 Å². The number of piperazine rings is 1. The van der Waals surface area contributed by atoms with Crippen LogP contribution in [0.5, 0.6) is 0 Å². The van der Waals surface area contributed by atoms with Gasteiger partial charge in [-0.2, -0.15) is 9.65 Å². The van der Waals surface area contributed by atoms with E-state index in [4.69, 9.17) is 16.9 Å². The summed E-state index contributed by atoms with van der Waals surface area (Å²) in [5.41, 5.74) is 1.84. The number of pyridine rings is 1. The van der Waals surface area contributed by atoms with E-state index in [0.29, 0.717) is 29.4 Å². The lowest BCUT2D eigenvalue weighted by Crippen LogP contribution is -2.60. The maximum Gasteiger partial charge on any atom is 0.318 e. The zero-order chi connectivity index (χ0) is 20.3. The van der Waals surface area contributed by atoms with E-state index in [9.17, 15) is 9.18 Å². The van der Waals surface area contributed by atoms with Crippen molar-refractivity contribution in [3.63, 3.8) is 0 Å². The average Bonchev–Trinajstić information content (AvgIpc) is 2.67. The van der Waals surface area contributed by atoms with Crippen LogP contribution in [0, 0.1) is 17.3 Å². The number of rotatable bonds is 3. The van der Waals surface area contributed by atoms with Crippen molar-refractivity contribution in [3.05, 3.63) is 58.6 Å². The number of amides is 2. The molecule has 1 N–H and O–H groups in total. The van der Waals surface area contributed by atoms with Gasteiger partial charge in [-0.3, -0.25) is 0 Å². The summed E-state index contributed by atoms with van der Waals surface area (Å²) in [6, 6.07) is 11.8. The first-order chi connectivity index (χ1) is 13.4. The van der Waals surface area contributed by atoms with E-state index in [1.54, 1.807) is 29.2 Å². The smallest absolute Gasteiger partial charge is 0.318 e. The van der Waals surface area contributed by atoms with Gasteiger partial charge in [0.1, 0.15) is 6.07 Å². The molecule has 8 heteroatoms. The number of nitriles is 1. The van der Waals surface area contributed by atoms with Gasteiger partial charge in [0, 0.05) is 30.9 Å². The third-order valence-corrected chi connectivity index (χ3v) is 5.16. The van der Waals surface area contributed by atoms with Crippen molar-refractivity contribution in [2.24, 2.45) is 0 Å². The van der Waals surface area contributed by atoms with Crippen LogP contribution in [-0.2, 0) is 6.54 Å². The molecule has 0 spiro atoms. The summed E-state index contributed by atoms with van der Waals surface area (Å²) in [4.78, 5) is 20.3. The Morgan fingerprint density at radius 1 is 1.32 bits per heavy atom. The Bertz CT molecular complexity index is 916. The average molecular weight is 402 g/mol. The van der Waals surface area contributed by atoms with E-state index in [0.717, 1.165) is 5.69 Å². The summed E-state index contributed by atoms with van der Waals surface area (Å²) in [5.74, 6) is -0.566. The Morgan fingerprint density at radius 2 is 2.11 bits per heavy atom. The molecule has 1 fully saturated rings. The Hall–Kier alpha value is -2.85. The van der Waals surface area contributed by atoms with Gasteiger partial charge < -0.3 is 15.1 Å². The van der Waals surface area contributed by atoms with Gasteiger partial charge >= 0.3 is 6.03 Å². The van der Waals surface area contributed by atoms with Gasteiger partial charge in [0.15, 0.2) is 0 Å². The lowest BCUT2D eigenvalue weighted by Gasteiger charge is -2.45. The summed E-state index contributed by atoms with van der Waals surface area (Å²) in [7, 11) is 0. The number of aromatic nitrogens is 1. The normalized spacial score (nSPS) is 19.2. The summed E-state index contributed by atoms with van der Waals surface area (Å²) in [6.07, 6.45) is 0. The highest BCUT2D eigenvalue weighted by Gasteiger charge is 2.32. The van der Waals surface area contributed by atoms with E-state index in [1.807, 2.05) is 19.9 Å². The highest BCUT2D eigenvalue weighted by atomic mass is 35.5. The molecule has 1 aromatic carbocycles. The summed E-state index contributed by atoms with van der Waals surface area (Å²) < 4.78 is 13.2. The molecule has 1 aromatic heterocycles. The fourth-order valence-electron chi connectivity index (χ4n) is 3.36. The highest BCUT2D eigenvalue weighted by molar-refractivity contribution is 6.32. The first-order valence-corrected chi connectivity index (χ1v) is 9.39. The molecule has 3 rings (SSSR count). The van der Waals surface area contributed by atoms with Crippen molar-refractivity contribution in [1.29, 1.82) is 5.26 Å². The summed E-state index contributed by atoms with van der Waals surface area (Å²) in [5, 5.41) is 12.3. The van der Waals surface area contributed by atoms with Crippen LogP contribution >= 0.6 is 11.6 Å². The number of carbonyl (C=O) groups excluding carboxylic acids is 1. The van der Waals surface area contributed by atoms with Gasteiger partial charge in [-0.1, -0.05) is 17.7 Å². The van der Waals surface area contributed by atoms with Crippen molar-refractivity contribution < 1.29 is 9.18 Å². The molecular weight excluding hydrogens is 381 g/mol. The van der Waals surface area contributed by atoms with Gasteiger partial charge in [-0.25, -0.2) is 9.78 Å². The molecule has 0 aliphatic carbocycles. The summed E-state index contributed by atoms with van der Waals surface area (Å²) >= 11 is 6.17. The van der Waals surface area contributed by atoms with E-state index in [2.05, 4.69) is 21.3 Å². The predicted octanol–water partition coefficient (Wildman–Crippen LogP) is 3.55. The number of benzene rings is 1. The van der Waals surface area contributed by atoms with Gasteiger partial charge in [-0.15, -0.1) is 0 Å². The van der Waals surface area contributed by atoms with Crippen LogP contribution in [-0.4, -0.2) is 41.1 Å². The van der Waals surface area contributed by atoms with E-state index in [-0.39, 0.29) is 24.7 Å². The first-order valence-electron chi connectivity index (χ1n) is 9.01. The second kappa shape index (κ2) is 8.44. The molecule has 2 atom stereocenters. The number of hydrogen-bond donors (Lipinski definition) is 1. The molecule has 1 saturated heterocycles. The quantitative estimate of drug-likeness (QED) is 0.798. The predicted molar refractivity (Wildman–Crippen MR) is 106 cm³/mol. The van der Waals surface area contributed by atoms with E-state index in [1.165, 1.54) is 6.07 Å². The molecule has 6 nitrogen and oxygen atoms in total. The first kappa shape index (κ1) is 19.9. The SMILES string of the molecule is C[C@@H]1CN(c2ccc(C#N)c(Cl)c2)[C@@H](C)CN1C(=O)NCc1cccc(F)n1. The topological polar surface area (TPSA) is 72.3 Å². The molecule has 146 valence electrons. The molecule has 2 amide bonds. The standard InChI is InChI=1S/C20H21ClFN5O/c1-13-12-27(20(28)24-10-16-4-3-5-19(22)25-16)14(2)11-26(13)17-7-6-15(9-23)18(21)8-17/h3-8,13-14H,10-12H2,1-2H3,(H,24,28)/t13-,14+/m0/s1. The molecular formula is C20H21ClFN5O. The monoisotopic (exact) mass is 401 g/mol. The minimum absolute atomic E-state index is 0.0360. The zero-order valence-electron chi connectivity index (χ0n) is 15.7. The van der Waals surface area contributed by atoms with Crippen LogP contribution in [0.1, 0.15) is 25.1 Å². The maximum absolute atomic E-state index is 13.2. The fourth-order valence-corrected chi connectivity index (χ4v) is 3.58. The largest absolute Gasteiger partial charge is 0.365 e. The Balaban J connectivity index is 1.65. The van der Waals surface area contributed by atoms with E-state index < -0.39 is 5.95 Å². The lowest BCUT2D eigenvalue weighted by atomic mass is 10.1. The molecule has 0 saturated carbocycles. The molecule has 2 aromatic rings. The minimum atomic E-state index is -0.566. The van der Waals surface area contributed by atoms with Gasteiger partial charge in [0.05, 0.1) is 22.8 Å². The van der Waals surface area contributed by atoms with Crippen LogP contribution in [0.15, 0.2) is 36.4 Å². The van der Waals surface area contributed by atoms with Crippen molar-refractivity contribution in [2.45, 2.75) is 32.5 Å². The van der Waals surface area contributed by atoms with Crippen LogP contribution in [0.4, 0.5) is 14.9 Å². The number of carbonyl (C=O) groups is 1. The van der Waals surface area contributed by atoms with Gasteiger partial charge in [-0.05, 0) is 44.2 Å². The van der Waals surface area contributed by atoms with Crippen LogP contribution < -0.4 is 10.2 Å². The number of anilines is 1. The second-order valence-corrected chi connectivity index (χ2v) is 7.30. The summed E-state index contributed by atoms with van der Waals surface area (Å²) in [6.45, 7) is 5.34. The van der Waals surface area contributed by atoms with Crippen molar-refractivity contribution in [1.82, 2.24) is 15.2 Å². The second-order valence-electron chi connectivity index (χ2n) is 6.89. The minimum Gasteiger partial charge on any atom is -0.365 e. The highest BCUT2D eigenvalue weighted by Crippen LogP contribution is 2.27. The molecule has 2 heterocycles. The van der Waals surface area contributed by atoms with E-state index >= 15 is 0 Å². The number of urea groups is 1. The molecule has 1 aliphatic rings. The van der Waals surface area contributed by atoms with Crippen LogP contribution in [0.25, 0.3) is 0 Å². The Kier molecular flexibility index (Phi) is 6.00. The molecule has 28 heavy (non-hydrogen) atoms. The van der Waals surface area contributed by atoms with Crippen molar-refractivity contribution >= 4 is 23.3 Å². The third-order valence-electron chi connectivity index (χ3n) is 4.85. The third kappa shape index (κ3) is 4.34. The van der Waals surface area contributed by atoms with Crippen molar-refractivity contribution in [3.8, 4) is 6.07 Å². The fraction of sp³-hybridized carbons (Fsp3) is 0.350. The zero-order valence-corrected chi connectivity index (χ0v) is 16.4. The molecule has 0 unspecified atom stereocenters. The Labute approximate surface area is 168 Å². The molecule has 0 bridgehead atoms. The lowest BCUT2D eigenvalue weighted by molar-refractivity contribution is 0.160. The number of hydrogen-bond acceptors (Lipinski definition) is 4. The number of halogens is 2. The van der Waals surface area contributed by atoms with Gasteiger partial charge in [0.25, 0.3) is 0 Å². The van der Waals surface area contributed by atoms with Crippen LogP contribution in [0.2, 0.25) is 5.02 Å². The maximum atomic E-state index is 13.2. The number of nitrogens with zero attached hydrogens (tertiary/aromatic N) is 4. The molecule has 1 aliphatic heterocycles. The van der Waals surface area contributed by atoms with Gasteiger partial charge in [0.2, 0.25) is 5.95 Å². The van der Waals surface area contributed by atoms with Crippen molar-refractivity contribution in [2.75, 3.05) is 18.0 Å². The Morgan fingerprint density at radius 3 is 2.79 bits per heavy atom. The number of nitrogens with one attached hydrogen (secondary N) is 1.